The minimum atomic E-state index is -0.421. The van der Waals surface area contributed by atoms with Crippen LogP contribution < -0.4 is 10.6 Å². The first kappa shape index (κ1) is 36.0. The van der Waals surface area contributed by atoms with E-state index >= 15 is 0 Å². The van der Waals surface area contributed by atoms with E-state index in [2.05, 4.69) is 61.3 Å². The molecule has 15 nitrogen and oxygen atoms in total. The van der Waals surface area contributed by atoms with Crippen molar-refractivity contribution in [1.82, 2.24) is 39.0 Å². The Hall–Kier alpha value is -5.64. The number of fused-ring (bicyclic) bond motifs is 4. The third kappa shape index (κ3) is 6.58. The van der Waals surface area contributed by atoms with Gasteiger partial charge >= 0.3 is 0 Å². The van der Waals surface area contributed by atoms with E-state index in [9.17, 15) is 14.7 Å². The number of anilines is 2. The van der Waals surface area contributed by atoms with Gasteiger partial charge in [0.25, 0.3) is 11.8 Å². The Labute approximate surface area is 322 Å². The molecule has 6 aromatic rings. The molecule has 2 amide bonds. The number of carbonyl (C=O) groups excluding carboxylic acids is 2. The number of imidazole rings is 2. The molecule has 2 aliphatic carbocycles. The van der Waals surface area contributed by atoms with E-state index in [4.69, 9.17) is 9.47 Å². The zero-order chi connectivity index (χ0) is 38.5. The monoisotopic (exact) mass is 756 g/mol. The summed E-state index contributed by atoms with van der Waals surface area (Å²) in [5.41, 5.74) is 3.50. The summed E-state index contributed by atoms with van der Waals surface area (Å²) in [7, 11) is 0. The molecule has 2 aliphatic heterocycles. The number of aliphatic hydroxyl groups is 1. The standard InChI is InChI=1S/C21H23N5O2.C20H21N5O3/c1-12-8-13(2)18-15(12)9-16(28-18)26-11-24-17-19(22-10-23-20(17)26)25-21(27)14-6-4-3-5-7-14;1-11-7-14(26)17-13(11)8-15(28-17)25-10-23-16-18(21-9-22-19(16)25)24-20(27)12-5-3-2-4-6-12/h3-7,10-13,15-16,18H,8-9H2,1-2H3,(H,22,23,25,27);2-6,9-11,13-15,17,26H,7-8H2,1H3,(H,21,22,24,27)/t12-,13-,15+,16?,18-;11-,13+,14-,15+,17+/m11/s1. The smallest absolute Gasteiger partial charge is 0.256 e. The summed E-state index contributed by atoms with van der Waals surface area (Å²) < 4.78 is 16.4. The van der Waals surface area contributed by atoms with Crippen molar-refractivity contribution in [1.29, 1.82) is 0 Å². The van der Waals surface area contributed by atoms with Crippen LogP contribution in [-0.4, -0.2) is 74.3 Å². The number of benzene rings is 2. The predicted molar refractivity (Wildman–Crippen MR) is 206 cm³/mol. The van der Waals surface area contributed by atoms with Crippen LogP contribution in [0.2, 0.25) is 0 Å². The molecule has 0 spiro atoms. The highest BCUT2D eigenvalue weighted by molar-refractivity contribution is 6.07. The molecule has 56 heavy (non-hydrogen) atoms. The average Bonchev–Trinajstić information content (AvgIpc) is 4.07. The first-order valence-corrected chi connectivity index (χ1v) is 19.3. The molecule has 288 valence electrons. The third-order valence-electron chi connectivity index (χ3n) is 12.1. The van der Waals surface area contributed by atoms with E-state index in [0.29, 0.717) is 80.8 Å². The summed E-state index contributed by atoms with van der Waals surface area (Å²) in [6.45, 7) is 6.75. The summed E-state index contributed by atoms with van der Waals surface area (Å²) >= 11 is 0. The van der Waals surface area contributed by atoms with Gasteiger partial charge in [0.05, 0.1) is 31.0 Å². The van der Waals surface area contributed by atoms with Crippen molar-refractivity contribution in [2.75, 3.05) is 10.6 Å². The second-order valence-electron chi connectivity index (χ2n) is 15.6. The summed E-state index contributed by atoms with van der Waals surface area (Å²) in [5.74, 6) is 2.90. The summed E-state index contributed by atoms with van der Waals surface area (Å²) in [6, 6.07) is 18.0. The summed E-state index contributed by atoms with van der Waals surface area (Å²) in [6.07, 6.45) is 9.51. The number of ether oxygens (including phenoxy) is 2. The van der Waals surface area contributed by atoms with Gasteiger partial charge in [-0.25, -0.2) is 29.9 Å². The van der Waals surface area contributed by atoms with Crippen LogP contribution in [0.15, 0.2) is 86.0 Å². The SMILES string of the molecule is C[C@@H]1C[C@@H](C)[C@H]2OC(n3cnc4c(NC(=O)c5ccccc5)ncnc43)C[C@H]21.C[C@@H]1C[C@@H](O)[C@H]2O[C@H](n3cnc4c(NC(=O)c5ccccc5)ncnc43)C[C@H]21. The molecule has 2 aromatic carbocycles. The number of rotatable bonds is 6. The van der Waals surface area contributed by atoms with Crippen LogP contribution >= 0.6 is 0 Å². The molecule has 6 heterocycles. The number of nitrogens with zero attached hydrogens (tertiary/aromatic N) is 8. The quantitative estimate of drug-likeness (QED) is 0.180. The molecule has 10 atom stereocenters. The van der Waals surface area contributed by atoms with Crippen LogP contribution in [0, 0.1) is 29.6 Å². The lowest BCUT2D eigenvalue weighted by molar-refractivity contribution is -0.0525. The zero-order valence-corrected chi connectivity index (χ0v) is 31.3. The van der Waals surface area contributed by atoms with Gasteiger partial charge in [0.1, 0.15) is 25.1 Å². The molecule has 2 saturated carbocycles. The second kappa shape index (κ2) is 14.8. The molecule has 10 rings (SSSR count). The largest absolute Gasteiger partial charge is 0.390 e. The van der Waals surface area contributed by atoms with Crippen LogP contribution in [0.25, 0.3) is 22.3 Å². The number of aliphatic hydroxyl groups excluding tert-OH is 1. The first-order chi connectivity index (χ1) is 27.2. The first-order valence-electron chi connectivity index (χ1n) is 19.3. The van der Waals surface area contributed by atoms with Gasteiger partial charge in [0.15, 0.2) is 34.0 Å². The fourth-order valence-electron chi connectivity index (χ4n) is 9.24. The fraction of sp³-hybridized carbons (Fsp3) is 0.415. The maximum absolute atomic E-state index is 12.5. The zero-order valence-electron chi connectivity index (χ0n) is 31.3. The van der Waals surface area contributed by atoms with Gasteiger partial charge in [-0.15, -0.1) is 0 Å². The number of nitrogens with one attached hydrogen (secondary N) is 2. The molecular weight excluding hydrogens is 713 g/mol. The van der Waals surface area contributed by atoms with E-state index < -0.39 is 6.10 Å². The molecule has 4 aromatic heterocycles. The van der Waals surface area contributed by atoms with E-state index in [1.807, 2.05) is 45.5 Å². The molecule has 3 N–H and O–H groups in total. The van der Waals surface area contributed by atoms with Gasteiger partial charge in [-0.05, 0) is 79.5 Å². The minimum absolute atomic E-state index is 0.0715. The Morgan fingerprint density at radius 3 is 1.55 bits per heavy atom. The topological polar surface area (TPSA) is 184 Å². The number of hydrogen-bond donors (Lipinski definition) is 3. The Morgan fingerprint density at radius 2 is 1.07 bits per heavy atom. The van der Waals surface area contributed by atoms with Crippen molar-refractivity contribution < 1.29 is 24.2 Å². The highest BCUT2D eigenvalue weighted by Crippen LogP contribution is 2.50. The Kier molecular flexibility index (Phi) is 9.51. The third-order valence-corrected chi connectivity index (χ3v) is 12.1. The molecule has 15 heteroatoms. The van der Waals surface area contributed by atoms with E-state index in [1.54, 1.807) is 36.9 Å². The molecule has 2 saturated heterocycles. The fourth-order valence-corrected chi connectivity index (χ4v) is 9.24. The highest BCUT2D eigenvalue weighted by atomic mass is 16.5. The van der Waals surface area contributed by atoms with E-state index in [1.165, 1.54) is 19.1 Å². The van der Waals surface area contributed by atoms with Crippen LogP contribution in [-0.2, 0) is 9.47 Å². The molecule has 4 aliphatic rings. The van der Waals surface area contributed by atoms with Gasteiger partial charge in [-0.3, -0.25) is 18.7 Å². The highest BCUT2D eigenvalue weighted by Gasteiger charge is 2.49. The normalized spacial score (nSPS) is 29.1. The molecular formula is C41H44N10O5. The van der Waals surface area contributed by atoms with E-state index in [-0.39, 0.29) is 30.4 Å². The number of amides is 2. The maximum atomic E-state index is 12.5. The molecule has 4 fully saturated rings. The average molecular weight is 757 g/mol. The van der Waals surface area contributed by atoms with Crippen LogP contribution in [0.4, 0.5) is 11.6 Å². The van der Waals surface area contributed by atoms with Crippen molar-refractivity contribution in [3.05, 3.63) is 97.1 Å². The van der Waals surface area contributed by atoms with Crippen molar-refractivity contribution in [2.24, 2.45) is 29.6 Å². The van der Waals surface area contributed by atoms with E-state index in [0.717, 1.165) is 19.3 Å². The lowest BCUT2D eigenvalue weighted by Crippen LogP contribution is -2.23. The van der Waals surface area contributed by atoms with Crippen molar-refractivity contribution in [2.45, 2.75) is 77.2 Å². The minimum Gasteiger partial charge on any atom is -0.390 e. The molecule has 0 radical (unpaired) electrons. The lowest BCUT2D eigenvalue weighted by Gasteiger charge is -2.17. The maximum Gasteiger partial charge on any atom is 0.256 e. The second-order valence-corrected chi connectivity index (χ2v) is 15.6. The Morgan fingerprint density at radius 1 is 0.607 bits per heavy atom. The van der Waals surface area contributed by atoms with Crippen LogP contribution in [0.5, 0.6) is 0 Å². The number of hydrogen-bond acceptors (Lipinski definition) is 11. The summed E-state index contributed by atoms with van der Waals surface area (Å²) in [4.78, 5) is 51.1. The van der Waals surface area contributed by atoms with Gasteiger partial charge in [-0.2, -0.15) is 0 Å². The number of carbonyl (C=O) groups is 2. The van der Waals surface area contributed by atoms with Gasteiger partial charge in [0, 0.05) is 11.1 Å². The van der Waals surface area contributed by atoms with Gasteiger partial charge in [0.2, 0.25) is 0 Å². The van der Waals surface area contributed by atoms with Crippen molar-refractivity contribution >= 4 is 45.8 Å². The van der Waals surface area contributed by atoms with Gasteiger partial charge in [-0.1, -0.05) is 57.2 Å². The van der Waals surface area contributed by atoms with Crippen LogP contribution in [0.3, 0.4) is 0 Å². The van der Waals surface area contributed by atoms with Crippen molar-refractivity contribution in [3.63, 3.8) is 0 Å². The van der Waals surface area contributed by atoms with Crippen LogP contribution in [0.1, 0.15) is 79.6 Å². The Balaban J connectivity index is 0.000000146. The molecule has 0 bridgehead atoms. The van der Waals surface area contributed by atoms with Crippen molar-refractivity contribution in [3.8, 4) is 0 Å². The number of aromatic nitrogens is 8. The summed E-state index contributed by atoms with van der Waals surface area (Å²) in [5, 5.41) is 15.9. The molecule has 1 unspecified atom stereocenters. The lowest BCUT2D eigenvalue weighted by atomic mass is 9.94. The van der Waals surface area contributed by atoms with Gasteiger partial charge < -0.3 is 25.2 Å². The predicted octanol–water partition coefficient (Wildman–Crippen LogP) is 6.04. The Bertz CT molecular complexity index is 2170.